The average Bonchev–Trinajstić information content (AvgIpc) is 3.21. The van der Waals surface area contributed by atoms with E-state index in [-0.39, 0.29) is 70.8 Å². The van der Waals surface area contributed by atoms with Gasteiger partial charge in [-0.05, 0) is 60.1 Å². The van der Waals surface area contributed by atoms with Crippen LogP contribution in [0.5, 0.6) is 11.5 Å². The lowest BCUT2D eigenvalue weighted by Crippen LogP contribution is -2.42. The van der Waals surface area contributed by atoms with Crippen LogP contribution in [0, 0.1) is 20.2 Å². The summed E-state index contributed by atoms with van der Waals surface area (Å²) in [6, 6.07) is 15.5. The van der Waals surface area contributed by atoms with Crippen LogP contribution in [0.15, 0.2) is 72.8 Å². The first-order chi connectivity index (χ1) is 28.0. The molecule has 3 N–H and O–H groups in total. The number of carbonyl (C=O) groups is 4. The summed E-state index contributed by atoms with van der Waals surface area (Å²) in [5.41, 5.74) is -0.0794. The SMILES string of the molecule is O=C(Cl)N1CCOCC1.O=C(Nc1ccc([N+](=O)[O-])cc1Cl)c1cc(Cl)ccc1O.O=C(Nc1ccc([N+](=O)[O-])cc1Cl)c1cc(Cl)ccc1OC(=O)N1CCOCC1. The van der Waals surface area contributed by atoms with E-state index >= 15 is 0 Å². The Hall–Kier alpha value is -5.47. The Morgan fingerprint density at radius 2 is 1.08 bits per heavy atom. The third-order valence-electron chi connectivity index (χ3n) is 7.94. The van der Waals surface area contributed by atoms with Crippen LogP contribution in [0.4, 0.5) is 32.3 Å². The van der Waals surface area contributed by atoms with Gasteiger partial charge in [-0.2, -0.15) is 0 Å². The third-order valence-corrected chi connectivity index (χ3v) is 9.27. The molecular formula is C36H31Cl5N6O12. The number of phenolic OH excluding ortho intramolecular Hbond substituents is 1. The first-order valence-electron chi connectivity index (χ1n) is 16.9. The summed E-state index contributed by atoms with van der Waals surface area (Å²) < 4.78 is 15.6. The van der Waals surface area contributed by atoms with Gasteiger partial charge < -0.3 is 39.8 Å². The largest absolute Gasteiger partial charge is 0.507 e. The minimum absolute atomic E-state index is 0.00790. The van der Waals surface area contributed by atoms with Gasteiger partial charge >= 0.3 is 11.5 Å². The first-order valence-corrected chi connectivity index (χ1v) is 18.8. The van der Waals surface area contributed by atoms with Crippen LogP contribution in [0.2, 0.25) is 20.1 Å². The van der Waals surface area contributed by atoms with E-state index in [1.165, 1.54) is 65.6 Å². The standard InChI is InChI=1S/C18H15Cl2N3O6.C13H8Cl2N2O4.C5H8ClNO2/c19-11-1-4-16(29-18(25)22-5-7-28-8-6-22)13(9-11)17(24)21-15-3-2-12(23(26)27)10-14(15)20;14-7-1-4-12(18)9(5-7)13(19)16-11-3-2-8(17(20)21)6-10(11)15;6-5(8)7-1-3-9-4-2-7/h1-4,9-10H,5-8H2,(H,21,24);1-6,18H,(H,16,19);1-4H2. The molecule has 6 rings (SSSR count). The Morgan fingerprint density at radius 1 is 0.644 bits per heavy atom. The molecule has 2 saturated heterocycles. The van der Waals surface area contributed by atoms with Crippen molar-refractivity contribution in [2.45, 2.75) is 0 Å². The number of benzene rings is 4. The van der Waals surface area contributed by atoms with Crippen molar-refractivity contribution >= 4 is 104 Å². The molecule has 0 atom stereocenters. The molecule has 0 unspecified atom stereocenters. The predicted octanol–water partition coefficient (Wildman–Crippen LogP) is 8.52. The highest BCUT2D eigenvalue weighted by Crippen LogP contribution is 2.31. The van der Waals surface area contributed by atoms with Gasteiger partial charge in [-0.1, -0.05) is 46.4 Å². The van der Waals surface area contributed by atoms with Gasteiger partial charge in [0.2, 0.25) is 0 Å². The lowest BCUT2D eigenvalue weighted by molar-refractivity contribution is -0.385. The van der Waals surface area contributed by atoms with Crippen LogP contribution in [-0.4, -0.2) is 101 Å². The van der Waals surface area contributed by atoms with Gasteiger partial charge in [-0.3, -0.25) is 34.6 Å². The number of hydrogen-bond acceptors (Lipinski definition) is 12. The molecule has 0 aromatic heterocycles. The number of aromatic hydroxyl groups is 1. The van der Waals surface area contributed by atoms with Crippen LogP contribution in [0.3, 0.4) is 0 Å². The van der Waals surface area contributed by atoms with Crippen LogP contribution < -0.4 is 15.4 Å². The molecule has 2 aliphatic rings. The number of halogens is 5. The Kier molecular flexibility index (Phi) is 17.3. The summed E-state index contributed by atoms with van der Waals surface area (Å²) in [6.45, 7) is 4.05. The average molecular weight is 917 g/mol. The Morgan fingerprint density at radius 3 is 1.53 bits per heavy atom. The fourth-order valence-electron chi connectivity index (χ4n) is 4.92. The lowest BCUT2D eigenvalue weighted by Gasteiger charge is -2.26. The number of nitrogens with one attached hydrogen (secondary N) is 2. The van der Waals surface area contributed by atoms with Crippen molar-refractivity contribution in [2.24, 2.45) is 0 Å². The van der Waals surface area contributed by atoms with Gasteiger partial charge in [0.05, 0.1) is 68.8 Å². The second kappa shape index (κ2) is 22.1. The number of hydrogen-bond donors (Lipinski definition) is 3. The maximum atomic E-state index is 12.7. The number of rotatable bonds is 7. The van der Waals surface area contributed by atoms with E-state index in [0.29, 0.717) is 52.6 Å². The number of non-ortho nitro benzene ring substituents is 2. The summed E-state index contributed by atoms with van der Waals surface area (Å²) in [6.07, 6.45) is -0.613. The highest BCUT2D eigenvalue weighted by Gasteiger charge is 2.23. The second-order valence-electron chi connectivity index (χ2n) is 11.9. The summed E-state index contributed by atoms with van der Waals surface area (Å²) in [5, 5.41) is 36.2. The minimum atomic E-state index is -0.645. The van der Waals surface area contributed by atoms with Crippen LogP contribution in [0.25, 0.3) is 0 Å². The number of nitro groups is 2. The summed E-state index contributed by atoms with van der Waals surface area (Å²) in [4.78, 5) is 70.8. The molecule has 4 aromatic carbocycles. The van der Waals surface area contributed by atoms with Crippen molar-refractivity contribution in [1.82, 2.24) is 9.80 Å². The maximum absolute atomic E-state index is 12.7. The molecule has 0 bridgehead atoms. The normalized spacial score (nSPS) is 13.4. The van der Waals surface area contributed by atoms with E-state index < -0.39 is 27.8 Å². The Balaban J connectivity index is 0.000000222. The van der Waals surface area contributed by atoms with Crippen molar-refractivity contribution in [3.63, 3.8) is 0 Å². The van der Waals surface area contributed by atoms with Crippen LogP contribution >= 0.6 is 58.0 Å². The number of amides is 4. The van der Waals surface area contributed by atoms with E-state index in [1.807, 2.05) is 0 Å². The van der Waals surface area contributed by atoms with Gasteiger partial charge in [-0.25, -0.2) is 4.79 Å². The number of anilines is 2. The summed E-state index contributed by atoms with van der Waals surface area (Å²) >= 11 is 28.8. The minimum Gasteiger partial charge on any atom is -0.507 e. The summed E-state index contributed by atoms with van der Waals surface area (Å²) in [7, 11) is 0. The van der Waals surface area contributed by atoms with Crippen molar-refractivity contribution < 1.29 is 48.3 Å². The lowest BCUT2D eigenvalue weighted by atomic mass is 10.1. The number of carbonyl (C=O) groups excluding carboxylic acids is 4. The second-order valence-corrected chi connectivity index (χ2v) is 13.9. The molecule has 0 aliphatic carbocycles. The summed E-state index contributed by atoms with van der Waals surface area (Å²) in [5.74, 6) is -1.50. The van der Waals surface area contributed by atoms with E-state index in [9.17, 15) is 44.5 Å². The predicted molar refractivity (Wildman–Crippen MR) is 219 cm³/mol. The monoisotopic (exact) mass is 914 g/mol. The molecule has 4 amide bonds. The smallest absolute Gasteiger partial charge is 0.415 e. The van der Waals surface area contributed by atoms with Gasteiger partial charge in [-0.15, -0.1) is 0 Å². The zero-order valence-corrected chi connectivity index (χ0v) is 34.0. The van der Waals surface area contributed by atoms with E-state index in [0.717, 1.165) is 12.1 Å². The van der Waals surface area contributed by atoms with Crippen LogP contribution in [-0.2, 0) is 9.47 Å². The first kappa shape index (κ1) is 46.2. The zero-order valence-electron chi connectivity index (χ0n) is 30.2. The highest BCUT2D eigenvalue weighted by atomic mass is 35.5. The number of nitro benzene ring substituents is 2. The Bertz CT molecular complexity index is 2220. The molecule has 23 heteroatoms. The molecule has 312 valence electrons. The van der Waals surface area contributed by atoms with Gasteiger partial charge in [0.15, 0.2) is 0 Å². The number of nitrogens with zero attached hydrogens (tertiary/aromatic N) is 4. The number of ether oxygens (including phenoxy) is 3. The molecule has 2 heterocycles. The van der Waals surface area contributed by atoms with Crippen molar-refractivity contribution in [3.8, 4) is 11.5 Å². The van der Waals surface area contributed by atoms with Crippen molar-refractivity contribution in [2.75, 3.05) is 63.2 Å². The molecule has 18 nitrogen and oxygen atoms in total. The molecule has 4 aromatic rings. The fraction of sp³-hybridized carbons (Fsp3) is 0.222. The van der Waals surface area contributed by atoms with Crippen molar-refractivity contribution in [3.05, 3.63) is 124 Å². The van der Waals surface area contributed by atoms with Gasteiger partial charge in [0.1, 0.15) is 11.5 Å². The van der Waals surface area contributed by atoms with Crippen LogP contribution in [0.1, 0.15) is 20.7 Å². The topological polar surface area (TPSA) is 233 Å². The van der Waals surface area contributed by atoms with Crippen molar-refractivity contribution in [1.29, 1.82) is 0 Å². The molecule has 59 heavy (non-hydrogen) atoms. The quantitative estimate of drug-likeness (QED) is 0.0685. The molecule has 2 fully saturated rings. The Labute approximate surface area is 359 Å². The molecule has 0 radical (unpaired) electrons. The molecule has 2 aliphatic heterocycles. The zero-order chi connectivity index (χ0) is 43.2. The van der Waals surface area contributed by atoms with Gasteiger partial charge in [0, 0.05) is 60.5 Å². The number of phenols is 1. The fourth-order valence-corrected chi connectivity index (χ4v) is 5.88. The molecule has 0 saturated carbocycles. The highest BCUT2D eigenvalue weighted by molar-refractivity contribution is 6.62. The van der Waals surface area contributed by atoms with E-state index in [2.05, 4.69) is 10.6 Å². The molecule has 0 spiro atoms. The number of morpholine rings is 2. The van der Waals surface area contributed by atoms with E-state index in [1.54, 1.807) is 4.90 Å². The molecular weight excluding hydrogens is 886 g/mol. The third kappa shape index (κ3) is 13.8. The maximum Gasteiger partial charge on any atom is 0.415 e. The van der Waals surface area contributed by atoms with E-state index in [4.69, 9.17) is 72.2 Å². The van der Waals surface area contributed by atoms with Gasteiger partial charge in [0.25, 0.3) is 23.2 Å².